The summed E-state index contributed by atoms with van der Waals surface area (Å²) < 4.78 is 0. The number of aliphatic hydroxyl groups is 2. The first kappa shape index (κ1) is 17.3. The molecule has 2 N–H and O–H groups in total. The molecule has 2 nitrogen and oxygen atoms in total. The van der Waals surface area contributed by atoms with Gasteiger partial charge in [0.15, 0.2) is 0 Å². The Labute approximate surface area is 131 Å². The van der Waals surface area contributed by atoms with Gasteiger partial charge in [-0.3, -0.25) is 0 Å². The van der Waals surface area contributed by atoms with Crippen LogP contribution in [0.3, 0.4) is 0 Å². The quantitative estimate of drug-likeness (QED) is 0.769. The van der Waals surface area contributed by atoms with Gasteiger partial charge in [0.2, 0.25) is 0 Å². The highest BCUT2D eigenvalue weighted by atomic mass is 16.3. The highest BCUT2D eigenvalue weighted by molar-refractivity contribution is 5.01. The maximum absolute atomic E-state index is 10.9. The van der Waals surface area contributed by atoms with E-state index < -0.39 is 0 Å². The third-order valence-electron chi connectivity index (χ3n) is 6.96. The van der Waals surface area contributed by atoms with E-state index in [1.54, 1.807) is 0 Å². The van der Waals surface area contributed by atoms with Crippen LogP contribution in [0.15, 0.2) is 0 Å². The first-order valence-corrected chi connectivity index (χ1v) is 9.44. The Kier molecular flexibility index (Phi) is 6.14. The molecule has 124 valence electrons. The number of hydrogen-bond acceptors (Lipinski definition) is 2. The van der Waals surface area contributed by atoms with Gasteiger partial charge < -0.3 is 10.2 Å². The molecule has 0 radical (unpaired) electrons. The molecule has 4 unspecified atom stereocenters. The van der Waals surface area contributed by atoms with E-state index in [0.717, 1.165) is 38.5 Å². The third kappa shape index (κ3) is 3.17. The van der Waals surface area contributed by atoms with Crippen LogP contribution in [0.5, 0.6) is 0 Å². The highest BCUT2D eigenvalue weighted by Gasteiger charge is 2.52. The number of rotatable bonds is 6. The van der Waals surface area contributed by atoms with Crippen LogP contribution in [-0.2, 0) is 0 Å². The zero-order valence-corrected chi connectivity index (χ0v) is 14.5. The maximum atomic E-state index is 10.9. The van der Waals surface area contributed by atoms with Crippen LogP contribution < -0.4 is 0 Å². The fourth-order valence-electron chi connectivity index (χ4n) is 5.64. The van der Waals surface area contributed by atoms with Crippen LogP contribution in [0.25, 0.3) is 0 Å². The van der Waals surface area contributed by atoms with Gasteiger partial charge in [0.05, 0.1) is 12.2 Å². The smallest absolute Gasteiger partial charge is 0.0626 e. The van der Waals surface area contributed by atoms with Crippen molar-refractivity contribution in [2.75, 3.05) is 0 Å². The van der Waals surface area contributed by atoms with Crippen LogP contribution in [0.4, 0.5) is 0 Å². The largest absolute Gasteiger partial charge is 0.392 e. The summed E-state index contributed by atoms with van der Waals surface area (Å²) in [4.78, 5) is 0. The average Bonchev–Trinajstić information content (AvgIpc) is 2.82. The zero-order chi connectivity index (χ0) is 15.6. The van der Waals surface area contributed by atoms with Crippen molar-refractivity contribution in [1.82, 2.24) is 0 Å². The van der Waals surface area contributed by atoms with Gasteiger partial charge in [-0.15, -0.1) is 0 Å². The van der Waals surface area contributed by atoms with Crippen LogP contribution >= 0.6 is 0 Å². The second kappa shape index (κ2) is 7.46. The van der Waals surface area contributed by atoms with Crippen LogP contribution in [0, 0.1) is 35.5 Å². The second-order valence-corrected chi connectivity index (χ2v) is 7.61. The van der Waals surface area contributed by atoms with Gasteiger partial charge in [-0.25, -0.2) is 0 Å². The summed E-state index contributed by atoms with van der Waals surface area (Å²) in [5, 5.41) is 21.8. The molecule has 2 rings (SSSR count). The van der Waals surface area contributed by atoms with Crippen molar-refractivity contribution in [3.8, 4) is 0 Å². The molecule has 0 saturated heterocycles. The van der Waals surface area contributed by atoms with Gasteiger partial charge in [-0.05, 0) is 48.9 Å². The van der Waals surface area contributed by atoms with Crippen molar-refractivity contribution in [2.45, 2.75) is 84.8 Å². The van der Waals surface area contributed by atoms with Gasteiger partial charge in [0.1, 0.15) is 0 Å². The molecule has 0 heterocycles. The molecule has 2 heteroatoms. The monoisotopic (exact) mass is 296 g/mol. The molecule has 21 heavy (non-hydrogen) atoms. The first-order valence-electron chi connectivity index (χ1n) is 9.44. The van der Waals surface area contributed by atoms with E-state index in [1.807, 2.05) is 0 Å². The molecule has 0 aromatic heterocycles. The number of hydrogen-bond donors (Lipinski definition) is 2. The summed E-state index contributed by atoms with van der Waals surface area (Å²) in [6.07, 6.45) is 7.60. The third-order valence-corrected chi connectivity index (χ3v) is 6.96. The van der Waals surface area contributed by atoms with E-state index >= 15 is 0 Å². The van der Waals surface area contributed by atoms with Gasteiger partial charge in [0.25, 0.3) is 0 Å². The Bertz CT molecular complexity index is 299. The van der Waals surface area contributed by atoms with E-state index in [4.69, 9.17) is 0 Å². The van der Waals surface area contributed by atoms with E-state index in [0.29, 0.717) is 29.6 Å². The van der Waals surface area contributed by atoms with Crippen LogP contribution in [-0.4, -0.2) is 22.4 Å². The molecule has 6 atom stereocenters. The molecule has 0 spiro atoms. The fourth-order valence-corrected chi connectivity index (χ4v) is 5.64. The van der Waals surface area contributed by atoms with Gasteiger partial charge >= 0.3 is 0 Å². The molecule has 0 aromatic carbocycles. The minimum Gasteiger partial charge on any atom is -0.392 e. The van der Waals surface area contributed by atoms with E-state index in [9.17, 15) is 10.2 Å². The van der Waals surface area contributed by atoms with Crippen molar-refractivity contribution in [3.63, 3.8) is 0 Å². The molecular formula is C19H36O2. The van der Waals surface area contributed by atoms with Crippen LogP contribution in [0.1, 0.15) is 72.6 Å². The molecule has 0 aliphatic heterocycles. The molecular weight excluding hydrogens is 260 g/mol. The molecule has 0 bridgehead atoms. The zero-order valence-electron chi connectivity index (χ0n) is 14.5. The summed E-state index contributed by atoms with van der Waals surface area (Å²) in [7, 11) is 0. The summed E-state index contributed by atoms with van der Waals surface area (Å²) in [5.74, 6) is 2.80. The standard InChI is InChI=1S/C19H36O2/c1-5-12(6-2)15-10-9-14-11-16(13(7-3)8-4)19(21)17(14)18(15)20/h12-21H,5-11H2,1-4H3/t14?,15-,16+,17?,18?,19?/m1/s1. The first-order chi connectivity index (χ1) is 10.1. The Morgan fingerprint density at radius 1 is 0.762 bits per heavy atom. The lowest BCUT2D eigenvalue weighted by molar-refractivity contribution is -0.0734. The van der Waals surface area contributed by atoms with Crippen molar-refractivity contribution < 1.29 is 10.2 Å². The highest BCUT2D eigenvalue weighted by Crippen LogP contribution is 2.52. The minimum atomic E-state index is -0.275. The molecule has 2 fully saturated rings. The maximum Gasteiger partial charge on any atom is 0.0626 e. The van der Waals surface area contributed by atoms with E-state index in [-0.39, 0.29) is 18.1 Å². The van der Waals surface area contributed by atoms with Crippen molar-refractivity contribution >= 4 is 0 Å². The number of fused-ring (bicyclic) bond motifs is 1. The van der Waals surface area contributed by atoms with Crippen molar-refractivity contribution in [3.05, 3.63) is 0 Å². The van der Waals surface area contributed by atoms with Crippen LogP contribution in [0.2, 0.25) is 0 Å². The lowest BCUT2D eigenvalue weighted by atomic mass is 9.67. The predicted octanol–water partition coefficient (Wildman–Crippen LogP) is 4.24. The average molecular weight is 296 g/mol. The van der Waals surface area contributed by atoms with Crippen molar-refractivity contribution in [2.24, 2.45) is 35.5 Å². The lowest BCUT2D eigenvalue weighted by Crippen LogP contribution is -2.45. The molecule has 2 aliphatic carbocycles. The number of aliphatic hydroxyl groups excluding tert-OH is 2. The summed E-state index contributed by atoms with van der Waals surface area (Å²) in [6.45, 7) is 8.97. The van der Waals surface area contributed by atoms with Crippen molar-refractivity contribution in [1.29, 1.82) is 0 Å². The molecule has 2 aliphatic rings. The Morgan fingerprint density at radius 2 is 1.24 bits per heavy atom. The Morgan fingerprint density at radius 3 is 1.76 bits per heavy atom. The van der Waals surface area contributed by atoms with Gasteiger partial charge in [-0.2, -0.15) is 0 Å². The SMILES string of the molecule is CCC(CC)[C@H]1CCC2C[C@@H](C(CC)CC)C(O)C2C1O. The topological polar surface area (TPSA) is 40.5 Å². The fraction of sp³-hybridized carbons (Fsp3) is 1.00. The van der Waals surface area contributed by atoms with E-state index in [1.165, 1.54) is 6.42 Å². The molecule has 0 amide bonds. The lowest BCUT2D eigenvalue weighted by Gasteiger charge is -2.42. The van der Waals surface area contributed by atoms with E-state index in [2.05, 4.69) is 27.7 Å². The Hall–Kier alpha value is -0.0800. The second-order valence-electron chi connectivity index (χ2n) is 7.61. The van der Waals surface area contributed by atoms with Gasteiger partial charge in [0, 0.05) is 5.92 Å². The Balaban J connectivity index is 2.11. The predicted molar refractivity (Wildman–Crippen MR) is 88.0 cm³/mol. The summed E-state index contributed by atoms with van der Waals surface area (Å²) in [6, 6.07) is 0. The molecule has 0 aromatic rings. The minimum absolute atomic E-state index is 0.148. The summed E-state index contributed by atoms with van der Waals surface area (Å²) in [5.41, 5.74) is 0. The molecule has 2 saturated carbocycles. The summed E-state index contributed by atoms with van der Waals surface area (Å²) >= 11 is 0. The van der Waals surface area contributed by atoms with Gasteiger partial charge in [-0.1, -0.05) is 53.4 Å². The normalized spacial score (nSPS) is 40.0.